The van der Waals surface area contributed by atoms with Crippen LogP contribution in [0.3, 0.4) is 0 Å². The minimum absolute atomic E-state index is 0.0742. The number of carbonyl (C=O) groups is 2. The molecule has 3 fully saturated rings. The summed E-state index contributed by atoms with van der Waals surface area (Å²) in [6.45, 7) is 11.3. The van der Waals surface area contributed by atoms with Crippen LogP contribution < -0.4 is 10.6 Å². The number of aromatic amines is 2. The third-order valence-corrected chi connectivity index (χ3v) is 11.6. The molecule has 0 saturated heterocycles. The molecule has 284 valence electrons. The number of benzene rings is 4. The highest BCUT2D eigenvalue weighted by Gasteiger charge is 2.83. The fraction of sp³-hybridized carbons (Fsp3) is 0.422. The maximum atomic E-state index is 12.3. The van der Waals surface area contributed by atoms with E-state index in [1.165, 1.54) is 10.8 Å². The van der Waals surface area contributed by atoms with E-state index in [1.807, 2.05) is 41.5 Å². The second kappa shape index (κ2) is 12.6. The number of rotatable bonds is 10. The van der Waals surface area contributed by atoms with E-state index in [-0.39, 0.29) is 29.2 Å². The van der Waals surface area contributed by atoms with Crippen LogP contribution in [-0.4, -0.2) is 54.9 Å². The van der Waals surface area contributed by atoms with Crippen LogP contribution in [0.25, 0.3) is 55.1 Å². The molecular formula is C45H50N6O4. The topological polar surface area (TPSA) is 134 Å². The summed E-state index contributed by atoms with van der Waals surface area (Å²) < 4.78 is 10.9. The van der Waals surface area contributed by atoms with E-state index >= 15 is 0 Å². The lowest BCUT2D eigenvalue weighted by atomic mass is 9.97. The van der Waals surface area contributed by atoms with Crippen molar-refractivity contribution in [2.45, 2.75) is 109 Å². The summed E-state index contributed by atoms with van der Waals surface area (Å²) in [6.07, 6.45) is 6.03. The van der Waals surface area contributed by atoms with E-state index < -0.39 is 11.2 Å². The molecule has 2 atom stereocenters. The monoisotopic (exact) mass is 738 g/mol. The summed E-state index contributed by atoms with van der Waals surface area (Å²) >= 11 is 0. The summed E-state index contributed by atoms with van der Waals surface area (Å²) in [7, 11) is 0. The molecule has 55 heavy (non-hydrogen) atoms. The van der Waals surface area contributed by atoms with Crippen molar-refractivity contribution in [1.29, 1.82) is 0 Å². The molecule has 4 N–H and O–H groups in total. The molecule has 0 unspecified atom stereocenters. The van der Waals surface area contributed by atoms with Gasteiger partial charge in [0.25, 0.3) is 0 Å². The maximum Gasteiger partial charge on any atom is 0.408 e. The number of carbonyl (C=O) groups excluding carboxylic acids is 2. The summed E-state index contributed by atoms with van der Waals surface area (Å²) in [5, 5.41) is 8.50. The number of ether oxygens (including phenoxy) is 2. The normalized spacial score (nSPS) is 22.7. The summed E-state index contributed by atoms with van der Waals surface area (Å²) in [6, 6.07) is 26.3. The molecule has 3 aliphatic rings. The van der Waals surface area contributed by atoms with Crippen LogP contribution in [-0.2, 0) is 22.3 Å². The first kappa shape index (κ1) is 35.3. The van der Waals surface area contributed by atoms with Gasteiger partial charge in [-0.3, -0.25) is 0 Å². The third-order valence-electron chi connectivity index (χ3n) is 11.6. The van der Waals surface area contributed by atoms with Gasteiger partial charge in [0.1, 0.15) is 22.9 Å². The van der Waals surface area contributed by atoms with Gasteiger partial charge in [0.05, 0.1) is 27.6 Å². The Balaban J connectivity index is 0.821. The Labute approximate surface area is 321 Å². The number of hydrogen-bond acceptors (Lipinski definition) is 6. The van der Waals surface area contributed by atoms with Gasteiger partial charge in [0.15, 0.2) is 0 Å². The van der Waals surface area contributed by atoms with Crippen molar-refractivity contribution in [1.82, 2.24) is 30.6 Å². The Morgan fingerprint density at radius 2 is 1.22 bits per heavy atom. The molecular weight excluding hydrogens is 689 g/mol. The highest BCUT2D eigenvalue weighted by atomic mass is 16.6. The molecule has 0 radical (unpaired) electrons. The van der Waals surface area contributed by atoms with Gasteiger partial charge in [-0.1, -0.05) is 36.4 Å². The van der Waals surface area contributed by atoms with E-state index in [0.717, 1.165) is 101 Å². The number of imidazole rings is 2. The second-order valence-electron chi connectivity index (χ2n) is 18.2. The van der Waals surface area contributed by atoms with Gasteiger partial charge < -0.3 is 30.1 Å². The fourth-order valence-corrected chi connectivity index (χ4v) is 8.36. The van der Waals surface area contributed by atoms with Gasteiger partial charge in [0, 0.05) is 18.9 Å². The maximum absolute atomic E-state index is 12.3. The number of aryl methyl sites for hydroxylation is 2. The van der Waals surface area contributed by atoms with E-state index in [0.29, 0.717) is 5.92 Å². The Bertz CT molecular complexity index is 2480. The average molecular weight is 739 g/mol. The number of nitrogens with one attached hydrogen (secondary N) is 4. The van der Waals surface area contributed by atoms with Crippen LogP contribution in [0.15, 0.2) is 72.8 Å². The molecule has 0 bridgehead atoms. The van der Waals surface area contributed by atoms with Crippen LogP contribution in [0.1, 0.15) is 85.3 Å². The van der Waals surface area contributed by atoms with E-state index in [1.54, 1.807) is 0 Å². The lowest BCUT2D eigenvalue weighted by Crippen LogP contribution is -2.36. The minimum Gasteiger partial charge on any atom is -0.444 e. The van der Waals surface area contributed by atoms with Gasteiger partial charge in [-0.2, -0.15) is 0 Å². The number of alkyl carbamates (subject to hydrolysis) is 2. The highest BCUT2D eigenvalue weighted by Crippen LogP contribution is 2.80. The molecule has 0 spiro atoms. The van der Waals surface area contributed by atoms with Gasteiger partial charge in [-0.15, -0.1) is 0 Å². The smallest absolute Gasteiger partial charge is 0.408 e. The number of fused-ring (bicyclic) bond motifs is 4. The van der Waals surface area contributed by atoms with Gasteiger partial charge in [0.2, 0.25) is 0 Å². The van der Waals surface area contributed by atoms with Crippen molar-refractivity contribution in [3.63, 3.8) is 0 Å². The lowest BCUT2D eigenvalue weighted by molar-refractivity contribution is 0.0502. The molecule has 6 aromatic rings. The molecule has 0 aliphatic heterocycles. The number of aromatic nitrogens is 4. The first-order valence-electron chi connectivity index (χ1n) is 19.6. The molecule has 4 aromatic carbocycles. The number of hydrogen-bond donors (Lipinski definition) is 4. The predicted molar refractivity (Wildman–Crippen MR) is 216 cm³/mol. The average Bonchev–Trinajstić information content (AvgIpc) is 3.98. The van der Waals surface area contributed by atoms with E-state index in [9.17, 15) is 9.59 Å². The van der Waals surface area contributed by atoms with E-state index in [2.05, 4.69) is 93.4 Å². The summed E-state index contributed by atoms with van der Waals surface area (Å²) in [5.41, 5.74) is 7.75. The Kier molecular flexibility index (Phi) is 8.08. The van der Waals surface area contributed by atoms with Crippen LogP contribution in [0.4, 0.5) is 9.59 Å². The molecule has 9 rings (SSSR count). The molecule has 3 saturated carbocycles. The van der Waals surface area contributed by atoms with Crippen LogP contribution in [0, 0.1) is 11.3 Å². The zero-order valence-corrected chi connectivity index (χ0v) is 32.6. The van der Waals surface area contributed by atoms with Gasteiger partial charge in [-0.25, -0.2) is 19.6 Å². The molecule has 10 heteroatoms. The number of nitrogens with zero attached hydrogens (tertiary/aromatic N) is 2. The first-order valence-corrected chi connectivity index (χ1v) is 19.6. The molecule has 2 heterocycles. The zero-order chi connectivity index (χ0) is 38.3. The summed E-state index contributed by atoms with van der Waals surface area (Å²) in [4.78, 5) is 41.3. The van der Waals surface area contributed by atoms with E-state index in [4.69, 9.17) is 19.4 Å². The Morgan fingerprint density at radius 1 is 0.709 bits per heavy atom. The molecule has 2 aromatic heterocycles. The van der Waals surface area contributed by atoms with Crippen molar-refractivity contribution in [2.75, 3.05) is 0 Å². The van der Waals surface area contributed by atoms with Crippen molar-refractivity contribution in [3.8, 4) is 22.3 Å². The molecule has 2 amide bonds. The highest BCUT2D eigenvalue weighted by molar-refractivity contribution is 5.93. The SMILES string of the molecule is CC(C)(C)OC(=O)N[C@@H]1C[C@@H]1CCc1nc2ccc(-c3ccc4cc(-c5ccc6nc(CCC78CC7(NC(=O)OC(C)(C)C)C8)[nH]c6c5)ccc4c3)cc2[nH]1. The standard InChI is InChI=1S/C45H50N6O4/c1-42(2,3)54-40(52)50-35-23-32(35)13-16-38-46-33-14-11-30(21-36(33)48-38)28-9-7-27-20-29(10-8-26(27)19-28)31-12-15-34-37(22-31)49-39(47-34)17-18-44-24-45(44,25-44)51-41(53)55-43(4,5)6/h7-12,14-15,19-22,32,35H,13,16-18,23-25H2,1-6H3,(H,46,48)(H,47,49)(H,50,52)(H,51,53)/t32-,35+,44?,45?/m0/s1. The molecule has 3 aliphatic carbocycles. The minimum atomic E-state index is -0.492. The van der Waals surface area contributed by atoms with Crippen LogP contribution in [0.2, 0.25) is 0 Å². The zero-order valence-electron chi connectivity index (χ0n) is 32.6. The van der Waals surface area contributed by atoms with Crippen LogP contribution in [0.5, 0.6) is 0 Å². The first-order chi connectivity index (χ1) is 26.1. The van der Waals surface area contributed by atoms with Gasteiger partial charge in [-0.05, 0) is 154 Å². The van der Waals surface area contributed by atoms with Crippen LogP contribution >= 0.6 is 0 Å². The Morgan fingerprint density at radius 3 is 1.78 bits per heavy atom. The Hall–Kier alpha value is -5.38. The third kappa shape index (κ3) is 7.39. The van der Waals surface area contributed by atoms with Crippen molar-refractivity contribution in [2.24, 2.45) is 11.3 Å². The summed E-state index contributed by atoms with van der Waals surface area (Å²) in [5.74, 6) is 2.42. The van der Waals surface area contributed by atoms with Gasteiger partial charge >= 0.3 is 12.2 Å². The fourth-order valence-electron chi connectivity index (χ4n) is 8.36. The number of H-pyrrole nitrogens is 2. The number of amides is 2. The lowest BCUT2D eigenvalue weighted by Gasteiger charge is -2.20. The largest absolute Gasteiger partial charge is 0.444 e. The second-order valence-corrected chi connectivity index (χ2v) is 18.2. The predicted octanol–water partition coefficient (Wildman–Crippen LogP) is 9.76. The molecule has 10 nitrogen and oxygen atoms in total. The quantitative estimate of drug-likeness (QED) is 0.111. The van der Waals surface area contributed by atoms with Crippen molar-refractivity contribution >= 4 is 45.0 Å². The van der Waals surface area contributed by atoms with Crippen molar-refractivity contribution in [3.05, 3.63) is 84.4 Å². The van der Waals surface area contributed by atoms with Crippen molar-refractivity contribution < 1.29 is 19.1 Å².